The monoisotopic (exact) mass is 252 g/mol. The van der Waals surface area contributed by atoms with Crippen molar-refractivity contribution in [1.29, 1.82) is 0 Å². The first-order valence-electron chi connectivity index (χ1n) is 6.72. The molecule has 1 aliphatic heterocycles. The number of hydrogen-bond acceptors (Lipinski definition) is 4. The molecule has 0 bridgehead atoms. The largest absolute Gasteiger partial charge is 0.354 e. The van der Waals surface area contributed by atoms with E-state index in [-0.39, 0.29) is 5.82 Å². The highest BCUT2D eigenvalue weighted by Crippen LogP contribution is 2.23. The van der Waals surface area contributed by atoms with Crippen molar-refractivity contribution in [1.82, 2.24) is 9.97 Å². The van der Waals surface area contributed by atoms with Gasteiger partial charge in [0.2, 0.25) is 5.95 Å². The SMILES string of the molecule is CCNc1ncc(F)c(N2CCCC(C)CC2)n1. The summed E-state index contributed by atoms with van der Waals surface area (Å²) in [7, 11) is 0. The third kappa shape index (κ3) is 3.09. The van der Waals surface area contributed by atoms with Gasteiger partial charge in [-0.2, -0.15) is 4.98 Å². The lowest BCUT2D eigenvalue weighted by atomic mass is 10.0. The molecule has 0 aliphatic carbocycles. The summed E-state index contributed by atoms with van der Waals surface area (Å²) in [6, 6.07) is 0. The van der Waals surface area contributed by atoms with Crippen LogP contribution in [0, 0.1) is 11.7 Å². The molecule has 1 unspecified atom stereocenters. The number of halogens is 1. The van der Waals surface area contributed by atoms with E-state index in [0.29, 0.717) is 17.7 Å². The first kappa shape index (κ1) is 13.1. The fourth-order valence-corrected chi connectivity index (χ4v) is 2.30. The maximum absolute atomic E-state index is 13.8. The minimum Gasteiger partial charge on any atom is -0.354 e. The van der Waals surface area contributed by atoms with Crippen LogP contribution in [0.15, 0.2) is 6.20 Å². The van der Waals surface area contributed by atoms with E-state index in [1.807, 2.05) is 11.8 Å². The molecule has 4 nitrogen and oxygen atoms in total. The number of hydrogen-bond donors (Lipinski definition) is 1. The van der Waals surface area contributed by atoms with Gasteiger partial charge in [0.1, 0.15) is 0 Å². The zero-order chi connectivity index (χ0) is 13.0. The van der Waals surface area contributed by atoms with Gasteiger partial charge in [0, 0.05) is 19.6 Å². The summed E-state index contributed by atoms with van der Waals surface area (Å²) in [6.45, 7) is 6.72. The van der Waals surface area contributed by atoms with Crippen molar-refractivity contribution in [2.24, 2.45) is 5.92 Å². The van der Waals surface area contributed by atoms with Gasteiger partial charge >= 0.3 is 0 Å². The standard InChI is InChI=1S/C13H21FN4/c1-3-15-13-16-9-11(14)12(17-13)18-7-4-5-10(2)6-8-18/h9-10H,3-8H2,1-2H3,(H,15,16,17). The fourth-order valence-electron chi connectivity index (χ4n) is 2.30. The van der Waals surface area contributed by atoms with Gasteiger partial charge in [-0.1, -0.05) is 6.92 Å². The highest BCUT2D eigenvalue weighted by Gasteiger charge is 2.18. The van der Waals surface area contributed by atoms with Crippen molar-refractivity contribution in [2.45, 2.75) is 33.1 Å². The average Bonchev–Trinajstić information content (AvgIpc) is 2.57. The molecule has 1 aromatic heterocycles. The van der Waals surface area contributed by atoms with E-state index in [1.54, 1.807) is 0 Å². The Kier molecular flexibility index (Phi) is 4.33. The molecule has 1 aromatic rings. The van der Waals surface area contributed by atoms with Crippen LogP contribution >= 0.6 is 0 Å². The van der Waals surface area contributed by atoms with Crippen molar-refractivity contribution >= 4 is 11.8 Å². The van der Waals surface area contributed by atoms with E-state index in [4.69, 9.17) is 0 Å². The first-order valence-corrected chi connectivity index (χ1v) is 6.72. The summed E-state index contributed by atoms with van der Waals surface area (Å²) in [6.07, 6.45) is 4.67. The van der Waals surface area contributed by atoms with Crippen molar-refractivity contribution in [3.63, 3.8) is 0 Å². The van der Waals surface area contributed by atoms with Crippen LogP contribution < -0.4 is 10.2 Å². The highest BCUT2D eigenvalue weighted by atomic mass is 19.1. The lowest BCUT2D eigenvalue weighted by Gasteiger charge is -2.22. The van der Waals surface area contributed by atoms with Crippen LogP contribution in [-0.2, 0) is 0 Å². The lowest BCUT2D eigenvalue weighted by Crippen LogP contribution is -2.26. The van der Waals surface area contributed by atoms with Crippen molar-refractivity contribution < 1.29 is 4.39 Å². The Morgan fingerprint density at radius 1 is 1.44 bits per heavy atom. The fraction of sp³-hybridized carbons (Fsp3) is 0.692. The topological polar surface area (TPSA) is 41.1 Å². The molecule has 1 N–H and O–H groups in total. The van der Waals surface area contributed by atoms with Gasteiger partial charge in [0.05, 0.1) is 6.20 Å². The summed E-state index contributed by atoms with van der Waals surface area (Å²) in [5.41, 5.74) is 0. The van der Waals surface area contributed by atoms with Crippen LogP contribution in [0.3, 0.4) is 0 Å². The predicted octanol–water partition coefficient (Wildman–Crippen LogP) is 2.67. The van der Waals surface area contributed by atoms with E-state index in [1.165, 1.54) is 12.6 Å². The van der Waals surface area contributed by atoms with Crippen molar-refractivity contribution in [3.05, 3.63) is 12.0 Å². The molecule has 0 aromatic carbocycles. The summed E-state index contributed by atoms with van der Waals surface area (Å²) < 4.78 is 13.8. The van der Waals surface area contributed by atoms with Gasteiger partial charge in [-0.3, -0.25) is 0 Å². The zero-order valence-electron chi connectivity index (χ0n) is 11.1. The third-order valence-electron chi connectivity index (χ3n) is 3.38. The molecule has 18 heavy (non-hydrogen) atoms. The molecule has 0 spiro atoms. The van der Waals surface area contributed by atoms with E-state index in [0.717, 1.165) is 32.5 Å². The number of rotatable bonds is 3. The Hall–Kier alpha value is -1.39. The second-order valence-corrected chi connectivity index (χ2v) is 4.92. The summed E-state index contributed by atoms with van der Waals surface area (Å²) in [4.78, 5) is 10.3. The van der Waals surface area contributed by atoms with E-state index >= 15 is 0 Å². The molecule has 2 heterocycles. The molecule has 1 atom stereocenters. The van der Waals surface area contributed by atoms with Crippen LogP contribution in [0.2, 0.25) is 0 Å². The number of aromatic nitrogens is 2. The third-order valence-corrected chi connectivity index (χ3v) is 3.38. The quantitative estimate of drug-likeness (QED) is 0.898. The molecule has 0 amide bonds. The van der Waals surface area contributed by atoms with Crippen LogP contribution in [0.1, 0.15) is 33.1 Å². The average molecular weight is 252 g/mol. The second-order valence-electron chi connectivity index (χ2n) is 4.92. The number of anilines is 2. The smallest absolute Gasteiger partial charge is 0.224 e. The van der Waals surface area contributed by atoms with Crippen LogP contribution in [0.4, 0.5) is 16.2 Å². The molecule has 5 heteroatoms. The molecule has 0 radical (unpaired) electrons. The molecule has 1 fully saturated rings. The second kappa shape index (κ2) is 5.98. The Morgan fingerprint density at radius 3 is 3.06 bits per heavy atom. The molecular weight excluding hydrogens is 231 g/mol. The summed E-state index contributed by atoms with van der Waals surface area (Å²) >= 11 is 0. The predicted molar refractivity (Wildman–Crippen MR) is 71.4 cm³/mol. The van der Waals surface area contributed by atoms with E-state index in [9.17, 15) is 4.39 Å². The summed E-state index contributed by atoms with van der Waals surface area (Å²) in [5.74, 6) is 1.33. The van der Waals surface area contributed by atoms with Crippen LogP contribution in [0.5, 0.6) is 0 Å². The number of nitrogens with zero attached hydrogens (tertiary/aromatic N) is 3. The minimum atomic E-state index is -0.328. The Labute approximate surface area is 108 Å². The van der Waals surface area contributed by atoms with Crippen molar-refractivity contribution in [2.75, 3.05) is 29.9 Å². The molecule has 1 aliphatic rings. The summed E-state index contributed by atoms with van der Waals surface area (Å²) in [5, 5.41) is 3.02. The maximum Gasteiger partial charge on any atom is 0.224 e. The first-order chi connectivity index (χ1) is 8.70. The zero-order valence-corrected chi connectivity index (χ0v) is 11.1. The number of nitrogens with one attached hydrogen (secondary N) is 1. The minimum absolute atomic E-state index is 0.328. The van der Waals surface area contributed by atoms with Gasteiger partial charge in [-0.15, -0.1) is 0 Å². The van der Waals surface area contributed by atoms with E-state index < -0.39 is 0 Å². The van der Waals surface area contributed by atoms with Crippen LogP contribution in [-0.4, -0.2) is 29.6 Å². The highest BCUT2D eigenvalue weighted by molar-refractivity contribution is 5.44. The Bertz CT molecular complexity index is 397. The van der Waals surface area contributed by atoms with Gasteiger partial charge in [0.15, 0.2) is 11.6 Å². The van der Waals surface area contributed by atoms with Gasteiger partial charge in [-0.25, -0.2) is 9.37 Å². The molecule has 0 saturated carbocycles. The van der Waals surface area contributed by atoms with Crippen molar-refractivity contribution in [3.8, 4) is 0 Å². The molecule has 100 valence electrons. The normalized spacial score (nSPS) is 20.6. The van der Waals surface area contributed by atoms with Gasteiger partial charge in [-0.05, 0) is 32.1 Å². The molecule has 1 saturated heterocycles. The molecule has 2 rings (SSSR count). The lowest BCUT2D eigenvalue weighted by molar-refractivity contribution is 0.520. The maximum atomic E-state index is 13.8. The molecular formula is C13H21FN4. The Morgan fingerprint density at radius 2 is 2.28 bits per heavy atom. The Balaban J connectivity index is 2.17. The van der Waals surface area contributed by atoms with Crippen LogP contribution in [0.25, 0.3) is 0 Å². The van der Waals surface area contributed by atoms with Gasteiger partial charge in [0.25, 0.3) is 0 Å². The van der Waals surface area contributed by atoms with E-state index in [2.05, 4.69) is 22.2 Å². The van der Waals surface area contributed by atoms with Gasteiger partial charge < -0.3 is 10.2 Å².